The van der Waals surface area contributed by atoms with Crippen LogP contribution in [0.1, 0.15) is 12.0 Å². The van der Waals surface area contributed by atoms with E-state index in [1.54, 1.807) is 24.3 Å². The quantitative estimate of drug-likeness (QED) is 0.623. The van der Waals surface area contributed by atoms with Crippen molar-refractivity contribution in [2.24, 2.45) is 5.73 Å². The molecular formula is C18H17ClF3N3O3S. The maximum absolute atomic E-state index is 12.8. The van der Waals surface area contributed by atoms with E-state index in [0.29, 0.717) is 17.6 Å². The predicted octanol–water partition coefficient (Wildman–Crippen LogP) is 3.76. The molecule has 0 fully saturated rings. The Morgan fingerprint density at radius 3 is 2.59 bits per heavy atom. The molecule has 0 aliphatic rings. The number of aromatic nitrogens is 1. The van der Waals surface area contributed by atoms with Crippen LogP contribution in [0.3, 0.4) is 0 Å². The van der Waals surface area contributed by atoms with Gasteiger partial charge in [0.1, 0.15) is 10.8 Å². The number of halogens is 4. The van der Waals surface area contributed by atoms with Crippen molar-refractivity contribution in [2.45, 2.75) is 17.6 Å². The molecule has 29 heavy (non-hydrogen) atoms. The molecule has 156 valence electrons. The van der Waals surface area contributed by atoms with Crippen LogP contribution in [0, 0.1) is 0 Å². The number of hydrogen-bond donors (Lipinski definition) is 1. The molecule has 1 aromatic heterocycles. The lowest BCUT2D eigenvalue weighted by molar-refractivity contribution is -0.138. The van der Waals surface area contributed by atoms with Gasteiger partial charge in [-0.05, 0) is 18.2 Å². The van der Waals surface area contributed by atoms with Gasteiger partial charge in [0, 0.05) is 19.2 Å². The Bertz CT molecular complexity index is 896. The van der Waals surface area contributed by atoms with E-state index in [1.807, 2.05) is 0 Å². The summed E-state index contributed by atoms with van der Waals surface area (Å²) in [5.41, 5.74) is 4.65. The van der Waals surface area contributed by atoms with Crippen LogP contribution in [-0.4, -0.2) is 36.2 Å². The minimum Gasteiger partial charge on any atom is -0.495 e. The van der Waals surface area contributed by atoms with Crippen molar-refractivity contribution in [3.8, 4) is 5.75 Å². The van der Waals surface area contributed by atoms with E-state index in [9.17, 15) is 22.8 Å². The minimum atomic E-state index is -4.56. The first-order chi connectivity index (χ1) is 13.6. The smallest absolute Gasteiger partial charge is 0.417 e. The average molecular weight is 448 g/mol. The van der Waals surface area contributed by atoms with Gasteiger partial charge in [-0.3, -0.25) is 9.59 Å². The highest BCUT2D eigenvalue weighted by molar-refractivity contribution is 8.00. The van der Waals surface area contributed by atoms with Gasteiger partial charge in [-0.1, -0.05) is 35.5 Å². The predicted molar refractivity (Wildman–Crippen MR) is 104 cm³/mol. The number of hydrogen-bond acceptors (Lipinski definition) is 5. The molecular weight excluding hydrogens is 431 g/mol. The fourth-order valence-corrected chi connectivity index (χ4v) is 3.42. The maximum Gasteiger partial charge on any atom is 0.417 e. The summed E-state index contributed by atoms with van der Waals surface area (Å²) in [5, 5.41) is -0.124. The number of benzene rings is 1. The van der Waals surface area contributed by atoms with Crippen LogP contribution in [0.5, 0.6) is 5.75 Å². The van der Waals surface area contributed by atoms with Crippen molar-refractivity contribution < 1.29 is 27.5 Å². The number of thioether (sulfide) groups is 1. The van der Waals surface area contributed by atoms with Crippen LogP contribution < -0.4 is 15.4 Å². The van der Waals surface area contributed by atoms with Crippen molar-refractivity contribution in [1.29, 1.82) is 0 Å². The van der Waals surface area contributed by atoms with Gasteiger partial charge >= 0.3 is 6.18 Å². The molecule has 0 unspecified atom stereocenters. The highest BCUT2D eigenvalue weighted by Gasteiger charge is 2.31. The van der Waals surface area contributed by atoms with Crippen LogP contribution in [0.4, 0.5) is 18.9 Å². The first-order valence-corrected chi connectivity index (χ1v) is 9.57. The van der Waals surface area contributed by atoms with Gasteiger partial charge in [0.25, 0.3) is 0 Å². The van der Waals surface area contributed by atoms with E-state index in [-0.39, 0.29) is 28.8 Å². The molecule has 0 atom stereocenters. The highest BCUT2D eigenvalue weighted by atomic mass is 35.5. The molecule has 0 radical (unpaired) electrons. The van der Waals surface area contributed by atoms with Crippen molar-refractivity contribution in [3.05, 3.63) is 47.1 Å². The summed E-state index contributed by atoms with van der Waals surface area (Å²) in [7, 11) is 1.44. The first-order valence-electron chi connectivity index (χ1n) is 8.20. The zero-order valence-corrected chi connectivity index (χ0v) is 16.8. The molecule has 1 aromatic carbocycles. The molecule has 0 bridgehead atoms. The molecule has 2 rings (SSSR count). The number of para-hydroxylation sites is 2. The summed E-state index contributed by atoms with van der Waals surface area (Å²) in [4.78, 5) is 29.0. The second-order valence-electron chi connectivity index (χ2n) is 5.73. The Labute approximate surface area is 174 Å². The summed E-state index contributed by atoms with van der Waals surface area (Å²) in [5.74, 6) is -0.758. The van der Waals surface area contributed by atoms with E-state index in [2.05, 4.69) is 4.98 Å². The standard InChI is InChI=1S/C18H17ClF3N3O3S/c1-28-14-5-3-2-4-13(14)25(7-6-15(23)26)16(27)10-29-17-12(19)8-11(9-24-17)18(20,21)22/h2-5,8-9H,6-7,10H2,1H3,(H2,23,26). The number of nitrogens with zero attached hydrogens (tertiary/aromatic N) is 2. The van der Waals surface area contributed by atoms with Gasteiger partial charge in [0.2, 0.25) is 11.8 Å². The molecule has 6 nitrogen and oxygen atoms in total. The molecule has 11 heteroatoms. The third kappa shape index (κ3) is 6.26. The lowest BCUT2D eigenvalue weighted by Gasteiger charge is -2.24. The Morgan fingerprint density at radius 2 is 2.00 bits per heavy atom. The number of carbonyl (C=O) groups excluding carboxylic acids is 2. The number of amides is 2. The van der Waals surface area contributed by atoms with Gasteiger partial charge in [0.05, 0.1) is 29.1 Å². The molecule has 0 saturated carbocycles. The Hall–Kier alpha value is -2.46. The Morgan fingerprint density at radius 1 is 1.31 bits per heavy atom. The van der Waals surface area contributed by atoms with Crippen molar-refractivity contribution >= 4 is 40.9 Å². The lowest BCUT2D eigenvalue weighted by atomic mass is 10.2. The summed E-state index contributed by atoms with van der Waals surface area (Å²) in [6.07, 6.45) is -3.98. The van der Waals surface area contributed by atoms with Crippen molar-refractivity contribution in [2.75, 3.05) is 24.3 Å². The molecule has 0 aliphatic carbocycles. The van der Waals surface area contributed by atoms with Crippen molar-refractivity contribution in [1.82, 2.24) is 4.98 Å². The van der Waals surface area contributed by atoms with E-state index < -0.39 is 23.6 Å². The number of rotatable bonds is 8. The van der Waals surface area contributed by atoms with Gasteiger partial charge in [-0.15, -0.1) is 0 Å². The summed E-state index contributed by atoms with van der Waals surface area (Å²) in [6, 6.07) is 7.48. The largest absolute Gasteiger partial charge is 0.495 e. The monoisotopic (exact) mass is 447 g/mol. The number of nitrogens with two attached hydrogens (primary N) is 1. The molecule has 2 N–H and O–H groups in total. The third-order valence-electron chi connectivity index (χ3n) is 3.73. The van der Waals surface area contributed by atoms with E-state index >= 15 is 0 Å². The zero-order valence-electron chi connectivity index (χ0n) is 15.2. The number of carbonyl (C=O) groups is 2. The molecule has 1 heterocycles. The third-order valence-corrected chi connectivity index (χ3v) is 5.12. The maximum atomic E-state index is 12.8. The van der Waals surface area contributed by atoms with E-state index in [4.69, 9.17) is 22.1 Å². The van der Waals surface area contributed by atoms with Gasteiger partial charge in [0.15, 0.2) is 0 Å². The topological polar surface area (TPSA) is 85.5 Å². The fraction of sp³-hybridized carbons (Fsp3) is 0.278. The fourth-order valence-electron chi connectivity index (χ4n) is 2.35. The Balaban J connectivity index is 2.19. The van der Waals surface area contributed by atoms with Gasteiger partial charge in [-0.25, -0.2) is 4.98 Å². The van der Waals surface area contributed by atoms with Crippen LogP contribution >= 0.6 is 23.4 Å². The van der Waals surface area contributed by atoms with E-state index in [0.717, 1.165) is 17.8 Å². The van der Waals surface area contributed by atoms with Gasteiger partial charge in [-0.2, -0.15) is 13.2 Å². The second kappa shape index (κ2) is 9.84. The van der Waals surface area contributed by atoms with Crippen molar-refractivity contribution in [3.63, 3.8) is 0 Å². The zero-order chi connectivity index (χ0) is 21.6. The van der Waals surface area contributed by atoms with Crippen LogP contribution in [0.2, 0.25) is 5.02 Å². The Kier molecular flexibility index (Phi) is 7.74. The average Bonchev–Trinajstić information content (AvgIpc) is 2.66. The SMILES string of the molecule is COc1ccccc1N(CCC(N)=O)C(=O)CSc1ncc(C(F)(F)F)cc1Cl. The number of alkyl halides is 3. The molecule has 2 amide bonds. The van der Waals surface area contributed by atoms with Crippen LogP contribution in [0.15, 0.2) is 41.6 Å². The molecule has 0 saturated heterocycles. The number of primary amides is 1. The summed E-state index contributed by atoms with van der Waals surface area (Å²) in [6.45, 7) is 0.0171. The minimum absolute atomic E-state index is 0.0171. The molecule has 0 spiro atoms. The highest BCUT2D eigenvalue weighted by Crippen LogP contribution is 2.34. The normalized spacial score (nSPS) is 11.2. The van der Waals surface area contributed by atoms with E-state index in [1.165, 1.54) is 12.0 Å². The second-order valence-corrected chi connectivity index (χ2v) is 7.10. The van der Waals surface area contributed by atoms with Crippen LogP contribution in [-0.2, 0) is 15.8 Å². The first kappa shape index (κ1) is 22.8. The lowest BCUT2D eigenvalue weighted by Crippen LogP contribution is -2.35. The van der Waals surface area contributed by atoms with Gasteiger partial charge < -0.3 is 15.4 Å². The van der Waals surface area contributed by atoms with Crippen LogP contribution in [0.25, 0.3) is 0 Å². The molecule has 0 aliphatic heterocycles. The number of pyridine rings is 1. The summed E-state index contributed by atoms with van der Waals surface area (Å²) < 4.78 is 43.4. The number of anilines is 1. The molecule has 2 aromatic rings. The number of methoxy groups -OCH3 is 1. The summed E-state index contributed by atoms with van der Waals surface area (Å²) >= 11 is 6.76. The number of ether oxygens (including phenoxy) is 1.